The van der Waals surface area contributed by atoms with Gasteiger partial charge in [-0.3, -0.25) is 4.79 Å². The van der Waals surface area contributed by atoms with Crippen molar-refractivity contribution in [1.29, 1.82) is 0 Å². The predicted octanol–water partition coefficient (Wildman–Crippen LogP) is 3.37. The van der Waals surface area contributed by atoms with Crippen LogP contribution in [0.1, 0.15) is 33.6 Å². The summed E-state index contributed by atoms with van der Waals surface area (Å²) in [5.74, 6) is 1.26. The fourth-order valence-electron chi connectivity index (χ4n) is 2.25. The molecule has 0 aliphatic heterocycles. The quantitative estimate of drug-likeness (QED) is 0.613. The van der Waals surface area contributed by atoms with Gasteiger partial charge in [0.1, 0.15) is 5.78 Å². The first kappa shape index (κ1) is 11.2. The molecule has 78 valence electrons. The number of ketones is 1. The molecule has 0 spiro atoms. The van der Waals surface area contributed by atoms with Crippen LogP contribution in [0.3, 0.4) is 0 Å². The van der Waals surface area contributed by atoms with E-state index >= 15 is 0 Å². The smallest absolute Gasteiger partial charge is 0.136 e. The summed E-state index contributed by atoms with van der Waals surface area (Å²) in [5.41, 5.74) is 2.27. The third-order valence-corrected chi connectivity index (χ3v) is 3.43. The summed E-state index contributed by atoms with van der Waals surface area (Å²) in [6.45, 7) is 14.0. The van der Waals surface area contributed by atoms with Crippen LogP contribution in [0, 0.1) is 17.8 Å². The molecular formula is C13H20O. The third kappa shape index (κ3) is 2.14. The van der Waals surface area contributed by atoms with Gasteiger partial charge in [-0.15, -0.1) is 0 Å². The Kier molecular flexibility index (Phi) is 3.30. The van der Waals surface area contributed by atoms with Gasteiger partial charge in [-0.25, -0.2) is 0 Å². The molecule has 1 aliphatic rings. The molecule has 14 heavy (non-hydrogen) atoms. The zero-order chi connectivity index (χ0) is 10.9. The highest BCUT2D eigenvalue weighted by Crippen LogP contribution is 2.37. The summed E-state index contributed by atoms with van der Waals surface area (Å²) in [4.78, 5) is 11.7. The number of allylic oxidation sites excluding steroid dienone is 2. The van der Waals surface area contributed by atoms with Gasteiger partial charge in [0, 0.05) is 12.3 Å². The van der Waals surface area contributed by atoms with E-state index in [1.54, 1.807) is 0 Å². The number of hydrogen-bond acceptors (Lipinski definition) is 1. The van der Waals surface area contributed by atoms with E-state index in [1.807, 2.05) is 20.8 Å². The first-order valence-electron chi connectivity index (χ1n) is 5.27. The molecule has 3 atom stereocenters. The largest absolute Gasteiger partial charge is 0.299 e. The molecule has 0 aromatic carbocycles. The van der Waals surface area contributed by atoms with E-state index in [1.165, 1.54) is 0 Å². The van der Waals surface area contributed by atoms with Crippen molar-refractivity contribution in [3.63, 3.8) is 0 Å². The average molecular weight is 192 g/mol. The van der Waals surface area contributed by atoms with Crippen LogP contribution < -0.4 is 0 Å². The molecule has 0 aromatic heterocycles. The van der Waals surface area contributed by atoms with Crippen molar-refractivity contribution in [2.75, 3.05) is 0 Å². The first-order chi connectivity index (χ1) is 6.43. The van der Waals surface area contributed by atoms with Gasteiger partial charge in [0.25, 0.3) is 0 Å². The predicted molar refractivity (Wildman–Crippen MR) is 60.0 cm³/mol. The van der Waals surface area contributed by atoms with Crippen molar-refractivity contribution in [1.82, 2.24) is 0 Å². The van der Waals surface area contributed by atoms with Gasteiger partial charge in [0.05, 0.1) is 0 Å². The van der Waals surface area contributed by atoms with Gasteiger partial charge in [-0.05, 0) is 32.1 Å². The summed E-state index contributed by atoms with van der Waals surface area (Å²) in [5, 5.41) is 0. The number of rotatable bonds is 2. The lowest BCUT2D eigenvalue weighted by atomic mass is 9.70. The maximum Gasteiger partial charge on any atom is 0.136 e. The summed E-state index contributed by atoms with van der Waals surface area (Å²) in [6, 6.07) is 0. The molecule has 1 heteroatoms. The van der Waals surface area contributed by atoms with Crippen LogP contribution in [-0.4, -0.2) is 5.78 Å². The zero-order valence-corrected chi connectivity index (χ0v) is 9.47. The van der Waals surface area contributed by atoms with Crippen LogP contribution in [0.4, 0.5) is 0 Å². The molecule has 1 fully saturated rings. The fourth-order valence-corrected chi connectivity index (χ4v) is 2.25. The molecule has 0 unspecified atom stereocenters. The minimum absolute atomic E-state index is 0.156. The second kappa shape index (κ2) is 4.12. The Labute approximate surface area is 86.9 Å². The molecule has 0 saturated heterocycles. The van der Waals surface area contributed by atoms with Crippen LogP contribution in [0.25, 0.3) is 0 Å². The summed E-state index contributed by atoms with van der Waals surface area (Å²) in [6.07, 6.45) is 1.73. The van der Waals surface area contributed by atoms with E-state index in [9.17, 15) is 4.79 Å². The minimum atomic E-state index is 0.156. The second-order valence-electron chi connectivity index (χ2n) is 4.69. The Morgan fingerprint density at radius 3 is 2.29 bits per heavy atom. The Morgan fingerprint density at radius 2 is 1.86 bits per heavy atom. The van der Waals surface area contributed by atoms with Crippen LogP contribution in [0.5, 0.6) is 0 Å². The Bertz CT molecular complexity index is 275. The van der Waals surface area contributed by atoms with Crippen LogP contribution >= 0.6 is 0 Å². The normalized spacial score (nSPS) is 32.8. The van der Waals surface area contributed by atoms with Gasteiger partial charge in [0.15, 0.2) is 0 Å². The van der Waals surface area contributed by atoms with Gasteiger partial charge < -0.3 is 0 Å². The van der Waals surface area contributed by atoms with Crippen molar-refractivity contribution in [2.24, 2.45) is 17.8 Å². The van der Waals surface area contributed by atoms with Crippen molar-refractivity contribution in [3.05, 3.63) is 24.3 Å². The summed E-state index contributed by atoms with van der Waals surface area (Å²) in [7, 11) is 0. The molecule has 0 amide bonds. The zero-order valence-electron chi connectivity index (χ0n) is 9.47. The fraction of sp³-hybridized carbons (Fsp3) is 0.615. The average Bonchev–Trinajstić information content (AvgIpc) is 2.08. The molecule has 0 heterocycles. The molecule has 1 nitrogen and oxygen atoms in total. The maximum absolute atomic E-state index is 11.7. The lowest BCUT2D eigenvalue weighted by molar-refractivity contribution is -0.126. The highest BCUT2D eigenvalue weighted by atomic mass is 16.1. The minimum Gasteiger partial charge on any atom is -0.299 e. The highest BCUT2D eigenvalue weighted by molar-refractivity contribution is 5.82. The second-order valence-corrected chi connectivity index (χ2v) is 4.69. The number of carbonyl (C=O) groups is 1. The molecule has 1 rings (SSSR count). The Hall–Kier alpha value is -0.850. The van der Waals surface area contributed by atoms with Crippen LogP contribution in [0.15, 0.2) is 24.3 Å². The van der Waals surface area contributed by atoms with Crippen molar-refractivity contribution in [3.8, 4) is 0 Å². The van der Waals surface area contributed by atoms with Crippen molar-refractivity contribution >= 4 is 5.78 Å². The number of Topliss-reactive ketones (excluding diaryl/α,β-unsaturated/α-hetero) is 1. The molecule has 0 N–H and O–H groups in total. The molecule has 1 saturated carbocycles. The van der Waals surface area contributed by atoms with Gasteiger partial charge in [0.2, 0.25) is 0 Å². The van der Waals surface area contributed by atoms with E-state index in [0.29, 0.717) is 24.0 Å². The van der Waals surface area contributed by atoms with E-state index in [2.05, 4.69) is 13.2 Å². The highest BCUT2D eigenvalue weighted by Gasteiger charge is 2.34. The van der Waals surface area contributed by atoms with Crippen LogP contribution in [0.2, 0.25) is 0 Å². The lowest BCUT2D eigenvalue weighted by Crippen LogP contribution is -2.32. The summed E-state index contributed by atoms with van der Waals surface area (Å²) >= 11 is 0. The van der Waals surface area contributed by atoms with E-state index in [0.717, 1.165) is 17.6 Å². The monoisotopic (exact) mass is 192 g/mol. The molecule has 0 radical (unpaired) electrons. The molecule has 0 bridgehead atoms. The molecule has 0 aromatic rings. The van der Waals surface area contributed by atoms with Crippen molar-refractivity contribution in [2.45, 2.75) is 33.6 Å². The van der Waals surface area contributed by atoms with Gasteiger partial charge in [-0.1, -0.05) is 31.2 Å². The third-order valence-electron chi connectivity index (χ3n) is 3.43. The number of carbonyl (C=O) groups excluding carboxylic acids is 1. The lowest BCUT2D eigenvalue weighted by Gasteiger charge is -2.34. The standard InChI is InChI=1S/C13H20O/c1-8(2)11-6-12(9(3)4)10(5)13(14)7-11/h10-12H,1,3,6-7H2,2,4-5H3/t10-,11-,12+/m1/s1. The number of hydrogen-bond donors (Lipinski definition) is 0. The van der Waals surface area contributed by atoms with Gasteiger partial charge in [-0.2, -0.15) is 0 Å². The SMILES string of the molecule is C=C(C)[C@H]1CC(=O)[C@H](C)[C@H](C(=C)C)C1. The van der Waals surface area contributed by atoms with E-state index in [-0.39, 0.29) is 5.92 Å². The van der Waals surface area contributed by atoms with Crippen molar-refractivity contribution < 1.29 is 4.79 Å². The summed E-state index contributed by atoms with van der Waals surface area (Å²) < 4.78 is 0. The van der Waals surface area contributed by atoms with E-state index in [4.69, 9.17) is 0 Å². The molecular weight excluding hydrogens is 172 g/mol. The van der Waals surface area contributed by atoms with E-state index < -0.39 is 0 Å². The van der Waals surface area contributed by atoms with Crippen LogP contribution in [-0.2, 0) is 4.79 Å². The molecule has 1 aliphatic carbocycles. The topological polar surface area (TPSA) is 17.1 Å². The Balaban J connectivity index is 2.81. The Morgan fingerprint density at radius 1 is 1.29 bits per heavy atom. The van der Waals surface area contributed by atoms with Gasteiger partial charge >= 0.3 is 0 Å². The first-order valence-corrected chi connectivity index (χ1v) is 5.27. The maximum atomic E-state index is 11.7.